The van der Waals surface area contributed by atoms with Crippen LogP contribution in [0.25, 0.3) is 0 Å². The fourth-order valence-corrected chi connectivity index (χ4v) is 4.14. The number of aliphatic hydroxyl groups is 1. The van der Waals surface area contributed by atoms with Gasteiger partial charge in [-0.25, -0.2) is 0 Å². The number of anilines is 1. The van der Waals surface area contributed by atoms with Crippen molar-refractivity contribution in [2.45, 2.75) is 17.9 Å². The molecule has 2 unspecified atom stereocenters. The topological polar surface area (TPSA) is 69.6 Å². The van der Waals surface area contributed by atoms with Crippen LogP contribution in [0.1, 0.15) is 23.6 Å². The van der Waals surface area contributed by atoms with Crippen molar-refractivity contribution in [3.63, 3.8) is 0 Å². The van der Waals surface area contributed by atoms with Gasteiger partial charge in [0.25, 0.3) is 0 Å². The maximum Gasteiger partial charge on any atom is 0.248 e. The summed E-state index contributed by atoms with van der Waals surface area (Å²) in [5.74, 6) is -0.427. The molecule has 1 spiro atoms. The van der Waals surface area contributed by atoms with E-state index in [4.69, 9.17) is 0 Å². The highest BCUT2D eigenvalue weighted by Gasteiger charge is 2.59. The lowest BCUT2D eigenvalue weighted by atomic mass is 9.72. The molecule has 0 bridgehead atoms. The van der Waals surface area contributed by atoms with Crippen molar-refractivity contribution in [1.29, 1.82) is 0 Å². The maximum atomic E-state index is 13.0. The third-order valence-corrected chi connectivity index (χ3v) is 5.16. The van der Waals surface area contributed by atoms with Crippen LogP contribution in [0.15, 0.2) is 54.6 Å². The lowest BCUT2D eigenvalue weighted by molar-refractivity contribution is -0.136. The molecule has 2 aliphatic heterocycles. The number of amides is 2. The second-order valence-corrected chi connectivity index (χ2v) is 6.28. The third kappa shape index (κ3) is 1.91. The third-order valence-electron chi connectivity index (χ3n) is 5.16. The smallest absolute Gasteiger partial charge is 0.248 e. The maximum absolute atomic E-state index is 13.0. The average molecular weight is 322 g/mol. The Morgan fingerprint density at radius 1 is 1.17 bits per heavy atom. The predicted molar refractivity (Wildman–Crippen MR) is 89.3 cm³/mol. The summed E-state index contributed by atoms with van der Waals surface area (Å²) in [4.78, 5) is 26.9. The summed E-state index contributed by atoms with van der Waals surface area (Å²) < 4.78 is 0. The Morgan fingerprint density at radius 3 is 2.62 bits per heavy atom. The van der Waals surface area contributed by atoms with E-state index in [9.17, 15) is 14.7 Å². The number of carbonyl (C=O) groups is 2. The van der Waals surface area contributed by atoms with E-state index in [2.05, 4.69) is 5.32 Å². The zero-order valence-electron chi connectivity index (χ0n) is 13.1. The summed E-state index contributed by atoms with van der Waals surface area (Å²) in [6.45, 7) is -0.108. The summed E-state index contributed by atoms with van der Waals surface area (Å²) in [6, 6.07) is 16.8. The molecule has 2 amide bonds. The predicted octanol–water partition coefficient (Wildman–Crippen LogP) is 1.84. The van der Waals surface area contributed by atoms with Crippen molar-refractivity contribution < 1.29 is 14.7 Å². The molecule has 5 heteroatoms. The number of hydrogen-bond acceptors (Lipinski definition) is 3. The number of para-hydroxylation sites is 1. The standard InChI is InChI=1S/C19H18N2O3/c22-12-16(23)21-11-10-19(17(21)13-6-2-1-3-7-13)14-8-4-5-9-15(14)20-18(19)24/h1-9,17,22H,10-12H2,(H,20,24). The molecule has 0 aliphatic carbocycles. The second-order valence-electron chi connectivity index (χ2n) is 6.28. The Kier molecular flexibility index (Phi) is 3.39. The van der Waals surface area contributed by atoms with Gasteiger partial charge in [-0.15, -0.1) is 0 Å². The number of hydrogen-bond donors (Lipinski definition) is 2. The van der Waals surface area contributed by atoms with Crippen LogP contribution in [0, 0.1) is 0 Å². The molecule has 1 saturated heterocycles. The fourth-order valence-electron chi connectivity index (χ4n) is 4.14. The number of nitrogens with one attached hydrogen (secondary N) is 1. The van der Waals surface area contributed by atoms with Gasteiger partial charge in [-0.3, -0.25) is 9.59 Å². The zero-order chi connectivity index (χ0) is 16.7. The summed E-state index contributed by atoms with van der Waals surface area (Å²) in [6.07, 6.45) is 0.543. The van der Waals surface area contributed by atoms with E-state index in [1.54, 1.807) is 4.90 Å². The Balaban J connectivity index is 1.92. The van der Waals surface area contributed by atoms with Crippen LogP contribution in [0.2, 0.25) is 0 Å². The van der Waals surface area contributed by atoms with Gasteiger partial charge in [-0.1, -0.05) is 48.5 Å². The molecule has 5 nitrogen and oxygen atoms in total. The molecule has 122 valence electrons. The minimum absolute atomic E-state index is 0.0780. The van der Waals surface area contributed by atoms with E-state index in [0.717, 1.165) is 16.8 Å². The molecule has 2 aliphatic rings. The highest BCUT2D eigenvalue weighted by molar-refractivity contribution is 6.07. The van der Waals surface area contributed by atoms with E-state index < -0.39 is 18.1 Å². The fraction of sp³-hybridized carbons (Fsp3) is 0.263. The van der Waals surface area contributed by atoms with Crippen molar-refractivity contribution in [2.75, 3.05) is 18.5 Å². The lowest BCUT2D eigenvalue weighted by Gasteiger charge is -2.34. The molecule has 0 radical (unpaired) electrons. The van der Waals surface area contributed by atoms with Gasteiger partial charge in [0.1, 0.15) is 12.0 Å². The molecule has 2 N–H and O–H groups in total. The number of nitrogens with zero attached hydrogens (tertiary/aromatic N) is 1. The Morgan fingerprint density at radius 2 is 1.88 bits per heavy atom. The number of benzene rings is 2. The van der Waals surface area contributed by atoms with Crippen LogP contribution in [0.3, 0.4) is 0 Å². The minimum Gasteiger partial charge on any atom is -0.387 e. The normalized spacial score (nSPS) is 25.0. The van der Waals surface area contributed by atoms with E-state index in [1.807, 2.05) is 54.6 Å². The highest BCUT2D eigenvalue weighted by atomic mass is 16.3. The summed E-state index contributed by atoms with van der Waals surface area (Å²) in [5.41, 5.74) is 1.84. The Labute approximate surface area is 139 Å². The van der Waals surface area contributed by atoms with Gasteiger partial charge in [0.15, 0.2) is 0 Å². The van der Waals surface area contributed by atoms with Crippen LogP contribution < -0.4 is 5.32 Å². The second kappa shape index (κ2) is 5.46. The van der Waals surface area contributed by atoms with Crippen molar-refractivity contribution in [3.05, 3.63) is 65.7 Å². The van der Waals surface area contributed by atoms with E-state index in [1.165, 1.54) is 0 Å². The molecule has 2 atom stereocenters. The molecule has 2 heterocycles. The first-order chi connectivity index (χ1) is 11.7. The first-order valence-corrected chi connectivity index (χ1v) is 8.05. The Bertz CT molecular complexity index is 805. The van der Waals surface area contributed by atoms with Gasteiger partial charge in [-0.05, 0) is 23.6 Å². The molecule has 24 heavy (non-hydrogen) atoms. The molecular weight excluding hydrogens is 304 g/mol. The van der Waals surface area contributed by atoms with Crippen LogP contribution in [-0.2, 0) is 15.0 Å². The lowest BCUT2D eigenvalue weighted by Crippen LogP contribution is -2.43. The molecule has 0 aromatic heterocycles. The van der Waals surface area contributed by atoms with Gasteiger partial charge >= 0.3 is 0 Å². The van der Waals surface area contributed by atoms with Gasteiger partial charge in [0, 0.05) is 12.2 Å². The van der Waals surface area contributed by atoms with E-state index >= 15 is 0 Å². The van der Waals surface area contributed by atoms with E-state index in [-0.39, 0.29) is 11.8 Å². The number of rotatable bonds is 2. The Hall–Kier alpha value is -2.66. The van der Waals surface area contributed by atoms with Crippen LogP contribution >= 0.6 is 0 Å². The quantitative estimate of drug-likeness (QED) is 0.886. The average Bonchev–Trinajstić information content (AvgIpc) is 3.15. The molecule has 4 rings (SSSR count). The molecular formula is C19H18N2O3. The first-order valence-electron chi connectivity index (χ1n) is 8.05. The zero-order valence-corrected chi connectivity index (χ0v) is 13.1. The summed E-state index contributed by atoms with van der Waals surface area (Å²) in [5, 5.41) is 12.3. The largest absolute Gasteiger partial charge is 0.387 e. The van der Waals surface area contributed by atoms with E-state index in [0.29, 0.717) is 13.0 Å². The van der Waals surface area contributed by atoms with Gasteiger partial charge in [0.05, 0.1) is 6.04 Å². The van der Waals surface area contributed by atoms with Crippen molar-refractivity contribution in [1.82, 2.24) is 4.90 Å². The number of fused-ring (bicyclic) bond motifs is 2. The van der Waals surface area contributed by atoms with Gasteiger partial charge in [0.2, 0.25) is 11.8 Å². The van der Waals surface area contributed by atoms with Gasteiger partial charge in [-0.2, -0.15) is 0 Å². The van der Waals surface area contributed by atoms with Crippen LogP contribution in [0.5, 0.6) is 0 Å². The minimum atomic E-state index is -0.803. The molecule has 0 saturated carbocycles. The molecule has 2 aromatic carbocycles. The van der Waals surface area contributed by atoms with Crippen molar-refractivity contribution in [2.24, 2.45) is 0 Å². The van der Waals surface area contributed by atoms with Gasteiger partial charge < -0.3 is 15.3 Å². The first kappa shape index (κ1) is 14.9. The summed E-state index contributed by atoms with van der Waals surface area (Å²) >= 11 is 0. The highest BCUT2D eigenvalue weighted by Crippen LogP contribution is 2.54. The van der Waals surface area contributed by atoms with Crippen LogP contribution in [-0.4, -0.2) is 35.0 Å². The van der Waals surface area contributed by atoms with Crippen molar-refractivity contribution in [3.8, 4) is 0 Å². The summed E-state index contributed by atoms with van der Waals surface area (Å²) in [7, 11) is 0. The monoisotopic (exact) mass is 322 g/mol. The van der Waals surface area contributed by atoms with Crippen molar-refractivity contribution >= 4 is 17.5 Å². The number of likely N-dealkylation sites (tertiary alicyclic amines) is 1. The van der Waals surface area contributed by atoms with Crippen LogP contribution in [0.4, 0.5) is 5.69 Å². The SMILES string of the molecule is O=C(CO)N1CCC2(C(=O)Nc3ccccc32)C1c1ccccc1. The number of aliphatic hydroxyl groups excluding tert-OH is 1. The molecule has 1 fully saturated rings. The number of carbonyl (C=O) groups excluding carboxylic acids is 2. The molecule has 2 aromatic rings.